The molecule has 2 aromatic rings. The van der Waals surface area contributed by atoms with Gasteiger partial charge >= 0.3 is 6.09 Å². The third-order valence-electron chi connectivity index (χ3n) is 6.80. The fourth-order valence-corrected chi connectivity index (χ4v) is 4.72. The Morgan fingerprint density at radius 2 is 2.08 bits per heavy atom. The van der Waals surface area contributed by atoms with Crippen LogP contribution in [0.3, 0.4) is 0 Å². The van der Waals surface area contributed by atoms with Crippen molar-refractivity contribution < 1.29 is 24.2 Å². The molecule has 1 saturated heterocycles. The maximum absolute atomic E-state index is 13.1. The molecular formula is C28H38ClN3O5. The van der Waals surface area contributed by atoms with Crippen molar-refractivity contribution >= 4 is 23.6 Å². The first kappa shape index (κ1) is 28.9. The van der Waals surface area contributed by atoms with E-state index in [1.54, 1.807) is 6.07 Å². The Hall–Kier alpha value is -2.65. The molecule has 8 nitrogen and oxygen atoms in total. The fraction of sp³-hybridized carbons (Fsp3) is 0.500. The van der Waals surface area contributed by atoms with Crippen molar-refractivity contribution in [1.82, 2.24) is 15.5 Å². The van der Waals surface area contributed by atoms with E-state index >= 15 is 0 Å². The second-order valence-electron chi connectivity index (χ2n) is 9.60. The Bertz CT molecular complexity index is 1040. The summed E-state index contributed by atoms with van der Waals surface area (Å²) in [6, 6.07) is 13.1. The van der Waals surface area contributed by atoms with E-state index in [2.05, 4.69) is 10.6 Å². The number of carbonyl (C=O) groups excluding carboxylic acids is 1. The maximum Gasteiger partial charge on any atom is 0.407 e. The van der Waals surface area contributed by atoms with Crippen molar-refractivity contribution in [1.29, 1.82) is 0 Å². The molecule has 0 saturated carbocycles. The van der Waals surface area contributed by atoms with Crippen LogP contribution in [0.1, 0.15) is 52.4 Å². The predicted octanol–water partition coefficient (Wildman–Crippen LogP) is 4.50. The number of carbonyl (C=O) groups is 2. The molecule has 1 aliphatic rings. The first-order chi connectivity index (χ1) is 17.8. The van der Waals surface area contributed by atoms with Gasteiger partial charge in [0.05, 0.1) is 6.61 Å². The average Bonchev–Trinajstić information content (AvgIpc) is 2.89. The number of aryl methyl sites for hydroxylation is 1. The summed E-state index contributed by atoms with van der Waals surface area (Å²) in [7, 11) is 3.41. The molecule has 2 unspecified atom stereocenters. The Balaban J connectivity index is 1.74. The molecule has 202 valence electrons. The second-order valence-corrected chi connectivity index (χ2v) is 10.0. The zero-order chi connectivity index (χ0) is 26.8. The fourth-order valence-electron chi connectivity index (χ4n) is 4.52. The largest absolute Gasteiger partial charge is 0.465 e. The number of benzene rings is 2. The summed E-state index contributed by atoms with van der Waals surface area (Å²) in [4.78, 5) is 25.5. The summed E-state index contributed by atoms with van der Waals surface area (Å²) >= 11 is 6.26. The van der Waals surface area contributed by atoms with Gasteiger partial charge in [0.15, 0.2) is 0 Å². The zero-order valence-electron chi connectivity index (χ0n) is 21.8. The molecule has 9 heteroatoms. The molecule has 1 heterocycles. The lowest BCUT2D eigenvalue weighted by atomic mass is 9.94. The number of rotatable bonds is 12. The Morgan fingerprint density at radius 3 is 2.76 bits per heavy atom. The Kier molecular flexibility index (Phi) is 11.2. The van der Waals surface area contributed by atoms with Gasteiger partial charge in [-0.15, -0.1) is 0 Å². The van der Waals surface area contributed by atoms with Crippen molar-refractivity contribution in [3.05, 3.63) is 69.7 Å². The molecule has 0 aliphatic carbocycles. The van der Waals surface area contributed by atoms with Crippen molar-refractivity contribution in [3.8, 4) is 0 Å². The van der Waals surface area contributed by atoms with Crippen LogP contribution in [0.15, 0.2) is 42.5 Å². The molecule has 0 spiro atoms. The number of amides is 2. The van der Waals surface area contributed by atoms with Crippen molar-refractivity contribution in [2.45, 2.75) is 38.3 Å². The first-order valence-electron chi connectivity index (χ1n) is 12.7. The van der Waals surface area contributed by atoms with E-state index in [-0.39, 0.29) is 25.1 Å². The highest BCUT2D eigenvalue weighted by Crippen LogP contribution is 2.31. The van der Waals surface area contributed by atoms with E-state index in [4.69, 9.17) is 26.2 Å². The van der Waals surface area contributed by atoms with Gasteiger partial charge in [-0.2, -0.15) is 0 Å². The number of carboxylic acid groups (broad SMARTS) is 1. The summed E-state index contributed by atoms with van der Waals surface area (Å²) in [5, 5.41) is 16.1. The highest BCUT2D eigenvalue weighted by atomic mass is 35.5. The predicted molar refractivity (Wildman–Crippen MR) is 144 cm³/mol. The SMILES string of the molecule is CNC(CNC(=O)c1ccc(C)c(C(OCCN(C)C(=O)O)c2cccc(Cl)c2)c1)C[C@H]1CCCOC1. The van der Waals surface area contributed by atoms with E-state index in [0.29, 0.717) is 23.0 Å². The van der Waals surface area contributed by atoms with E-state index in [9.17, 15) is 9.59 Å². The minimum Gasteiger partial charge on any atom is -0.465 e. The van der Waals surface area contributed by atoms with Crippen LogP contribution < -0.4 is 10.6 Å². The molecule has 0 radical (unpaired) electrons. The molecule has 2 aromatic carbocycles. The highest BCUT2D eigenvalue weighted by Gasteiger charge is 2.22. The summed E-state index contributed by atoms with van der Waals surface area (Å²) < 4.78 is 11.8. The van der Waals surface area contributed by atoms with Gasteiger partial charge in [-0.25, -0.2) is 4.79 Å². The molecule has 0 bridgehead atoms. The van der Waals surface area contributed by atoms with Gasteiger partial charge in [-0.1, -0.05) is 29.8 Å². The molecule has 2 amide bonds. The molecule has 37 heavy (non-hydrogen) atoms. The normalized spacial score (nSPS) is 17.1. The van der Waals surface area contributed by atoms with Crippen LogP contribution in [0.25, 0.3) is 0 Å². The van der Waals surface area contributed by atoms with Crippen LogP contribution >= 0.6 is 11.6 Å². The number of hydrogen-bond acceptors (Lipinski definition) is 5. The van der Waals surface area contributed by atoms with Crippen molar-refractivity contribution in [2.24, 2.45) is 5.92 Å². The van der Waals surface area contributed by atoms with Crippen LogP contribution in [0.5, 0.6) is 0 Å². The van der Waals surface area contributed by atoms with Crippen molar-refractivity contribution in [3.63, 3.8) is 0 Å². The van der Waals surface area contributed by atoms with E-state index in [1.165, 1.54) is 11.9 Å². The van der Waals surface area contributed by atoms with E-state index in [1.807, 2.05) is 50.4 Å². The lowest BCUT2D eigenvalue weighted by Crippen LogP contribution is -2.41. The minimum absolute atomic E-state index is 0.156. The van der Waals surface area contributed by atoms with Gasteiger partial charge in [0, 0.05) is 50.0 Å². The van der Waals surface area contributed by atoms with Gasteiger partial charge < -0.3 is 30.1 Å². The summed E-state index contributed by atoms with van der Waals surface area (Å²) in [6.45, 7) is 4.49. The number of hydrogen-bond donors (Lipinski definition) is 3. The van der Waals surface area contributed by atoms with Crippen molar-refractivity contribution in [2.75, 3.05) is 47.0 Å². The summed E-state index contributed by atoms with van der Waals surface area (Å²) in [6.07, 6.45) is 1.66. The first-order valence-corrected chi connectivity index (χ1v) is 13.1. The average molecular weight is 532 g/mol. The van der Waals surface area contributed by atoms with Gasteiger partial charge in [-0.3, -0.25) is 4.79 Å². The zero-order valence-corrected chi connectivity index (χ0v) is 22.6. The molecular weight excluding hydrogens is 494 g/mol. The number of halogens is 1. The summed E-state index contributed by atoms with van der Waals surface area (Å²) in [5.74, 6) is 0.349. The van der Waals surface area contributed by atoms with Gasteiger partial charge in [0.1, 0.15) is 6.10 Å². The minimum atomic E-state index is -1.02. The van der Waals surface area contributed by atoms with Gasteiger partial charge in [0.25, 0.3) is 5.91 Å². The molecule has 3 rings (SSSR count). The number of ether oxygens (including phenoxy) is 2. The summed E-state index contributed by atoms with van der Waals surface area (Å²) in [5.41, 5.74) is 3.15. The maximum atomic E-state index is 13.1. The lowest BCUT2D eigenvalue weighted by molar-refractivity contribution is 0.0478. The molecule has 1 aliphatic heterocycles. The van der Waals surface area contributed by atoms with E-state index in [0.717, 1.165) is 49.2 Å². The third kappa shape index (κ3) is 8.71. The quantitative estimate of drug-likeness (QED) is 0.373. The van der Waals surface area contributed by atoms with Crippen LogP contribution in [-0.4, -0.2) is 75.1 Å². The van der Waals surface area contributed by atoms with Crippen LogP contribution in [0, 0.1) is 12.8 Å². The topological polar surface area (TPSA) is 100 Å². The molecule has 3 N–H and O–H groups in total. The number of nitrogens with zero attached hydrogens (tertiary/aromatic N) is 1. The smallest absolute Gasteiger partial charge is 0.407 e. The third-order valence-corrected chi connectivity index (χ3v) is 7.04. The standard InChI is InChI=1S/C28H38ClN3O5/c1-19-9-10-22(27(33)31-17-24(30-2)14-20-6-5-12-36-18-20)16-25(19)26(21-7-4-8-23(29)15-21)37-13-11-32(3)28(34)35/h4,7-10,15-16,20,24,26,30H,5-6,11-14,17-18H2,1-3H3,(H,31,33)(H,34,35)/t20-,24?,26?/m1/s1. The number of likely N-dealkylation sites (N-methyl/N-ethyl adjacent to an activating group) is 2. The van der Waals surface area contributed by atoms with E-state index < -0.39 is 12.2 Å². The van der Waals surface area contributed by atoms with Gasteiger partial charge in [0.2, 0.25) is 0 Å². The second kappa shape index (κ2) is 14.3. The lowest BCUT2D eigenvalue weighted by Gasteiger charge is -2.26. The highest BCUT2D eigenvalue weighted by molar-refractivity contribution is 6.30. The molecule has 3 atom stereocenters. The Morgan fingerprint density at radius 1 is 1.27 bits per heavy atom. The number of nitrogens with one attached hydrogen (secondary N) is 2. The molecule has 0 aromatic heterocycles. The van der Waals surface area contributed by atoms with Crippen LogP contribution in [0.2, 0.25) is 5.02 Å². The van der Waals surface area contributed by atoms with Crippen LogP contribution in [0.4, 0.5) is 4.79 Å². The molecule has 1 fully saturated rings. The van der Waals surface area contributed by atoms with Gasteiger partial charge in [-0.05, 0) is 80.1 Å². The monoisotopic (exact) mass is 531 g/mol. The Labute approximate surface area is 224 Å². The van der Waals surface area contributed by atoms with Crippen LogP contribution in [-0.2, 0) is 9.47 Å².